The van der Waals surface area contributed by atoms with Gasteiger partial charge in [-0.1, -0.05) is 6.92 Å². The van der Waals surface area contributed by atoms with Crippen LogP contribution in [0.2, 0.25) is 0 Å². The highest BCUT2D eigenvalue weighted by Gasteiger charge is 2.33. The van der Waals surface area contributed by atoms with Crippen molar-refractivity contribution in [2.24, 2.45) is 11.8 Å². The highest BCUT2D eigenvalue weighted by atomic mass is 32.2. The first-order chi connectivity index (χ1) is 13.3. The van der Waals surface area contributed by atoms with Crippen LogP contribution in [0.3, 0.4) is 0 Å². The number of sulfonamides is 1. The molecule has 9 heteroatoms. The zero-order chi connectivity index (χ0) is 20.3. The molecule has 0 aliphatic carbocycles. The third kappa shape index (κ3) is 5.07. The maximum Gasteiger partial charge on any atom is 0.245 e. The molecule has 0 saturated carbocycles. The number of carbonyl (C=O) groups excluding carboxylic acids is 1. The number of hydrogen-bond donors (Lipinski definition) is 1. The highest BCUT2D eigenvalue weighted by Crippen LogP contribution is 2.27. The molecule has 1 aromatic rings. The summed E-state index contributed by atoms with van der Waals surface area (Å²) in [4.78, 5) is 11.9. The number of nitrogens with zero attached hydrogens (tertiary/aromatic N) is 2. The van der Waals surface area contributed by atoms with Crippen LogP contribution in [-0.2, 0) is 14.8 Å². The standard InChI is InChI=1S/C19H27F2N3O3S/c1-14-4-2-8-23(12-14)22-19(25)10-15-5-3-9-24(13-15)28(26,27)18-7-6-16(20)11-17(18)21/h6-7,11,14-15H,2-5,8-10,12-13H2,1H3,(H,22,25). The molecule has 2 saturated heterocycles. The van der Waals surface area contributed by atoms with Gasteiger partial charge in [0.2, 0.25) is 15.9 Å². The maximum absolute atomic E-state index is 14.0. The van der Waals surface area contributed by atoms with Crippen LogP contribution < -0.4 is 5.43 Å². The molecule has 1 aromatic carbocycles. The fraction of sp³-hybridized carbons (Fsp3) is 0.632. The van der Waals surface area contributed by atoms with E-state index in [-0.39, 0.29) is 31.3 Å². The molecule has 1 amide bonds. The Labute approximate surface area is 164 Å². The lowest BCUT2D eigenvalue weighted by Crippen LogP contribution is -2.48. The largest absolute Gasteiger partial charge is 0.289 e. The fourth-order valence-electron chi connectivity index (χ4n) is 4.01. The molecule has 2 aliphatic heterocycles. The minimum Gasteiger partial charge on any atom is -0.289 e. The summed E-state index contributed by atoms with van der Waals surface area (Å²) in [7, 11) is -4.06. The van der Waals surface area contributed by atoms with Gasteiger partial charge in [-0.3, -0.25) is 10.2 Å². The number of amides is 1. The maximum atomic E-state index is 14.0. The lowest BCUT2D eigenvalue weighted by Gasteiger charge is -2.33. The fourth-order valence-corrected chi connectivity index (χ4v) is 5.61. The first-order valence-corrected chi connectivity index (χ1v) is 11.2. The Bertz CT molecular complexity index is 819. The van der Waals surface area contributed by atoms with Gasteiger partial charge in [0, 0.05) is 38.7 Å². The molecule has 0 bridgehead atoms. The molecule has 0 radical (unpaired) electrons. The quantitative estimate of drug-likeness (QED) is 0.802. The third-order valence-electron chi connectivity index (χ3n) is 5.41. The lowest BCUT2D eigenvalue weighted by atomic mass is 9.96. The highest BCUT2D eigenvalue weighted by molar-refractivity contribution is 7.89. The Morgan fingerprint density at radius 1 is 1.18 bits per heavy atom. The van der Waals surface area contributed by atoms with E-state index in [1.165, 1.54) is 4.31 Å². The molecule has 2 fully saturated rings. The molecular formula is C19H27F2N3O3S. The van der Waals surface area contributed by atoms with Crippen molar-refractivity contribution >= 4 is 15.9 Å². The molecule has 0 aromatic heterocycles. The second kappa shape index (κ2) is 8.84. The van der Waals surface area contributed by atoms with Gasteiger partial charge in [-0.05, 0) is 49.7 Å². The van der Waals surface area contributed by atoms with Crippen LogP contribution in [0.1, 0.15) is 39.0 Å². The van der Waals surface area contributed by atoms with Crippen LogP contribution in [0.15, 0.2) is 23.1 Å². The molecule has 3 rings (SSSR count). The van der Waals surface area contributed by atoms with E-state index in [0.717, 1.165) is 44.5 Å². The van der Waals surface area contributed by atoms with Crippen molar-refractivity contribution in [3.8, 4) is 0 Å². The van der Waals surface area contributed by atoms with Crippen molar-refractivity contribution in [3.05, 3.63) is 29.8 Å². The molecule has 6 nitrogen and oxygen atoms in total. The van der Waals surface area contributed by atoms with Crippen molar-refractivity contribution < 1.29 is 22.0 Å². The van der Waals surface area contributed by atoms with Gasteiger partial charge in [0.15, 0.2) is 0 Å². The average molecular weight is 416 g/mol. The van der Waals surface area contributed by atoms with Gasteiger partial charge in [-0.2, -0.15) is 4.31 Å². The van der Waals surface area contributed by atoms with Crippen molar-refractivity contribution in [1.82, 2.24) is 14.7 Å². The summed E-state index contributed by atoms with van der Waals surface area (Å²) in [6.45, 7) is 4.21. The first kappa shape index (κ1) is 21.1. The predicted molar refractivity (Wildman–Crippen MR) is 101 cm³/mol. The summed E-state index contributed by atoms with van der Waals surface area (Å²) in [5.41, 5.74) is 2.92. The Kier molecular flexibility index (Phi) is 6.67. The Morgan fingerprint density at radius 2 is 1.93 bits per heavy atom. The van der Waals surface area contributed by atoms with Crippen molar-refractivity contribution in [1.29, 1.82) is 0 Å². The molecular weight excluding hydrogens is 388 g/mol. The van der Waals surface area contributed by atoms with Crippen LogP contribution in [0.25, 0.3) is 0 Å². The van der Waals surface area contributed by atoms with Gasteiger partial charge >= 0.3 is 0 Å². The number of halogens is 2. The molecule has 0 spiro atoms. The molecule has 156 valence electrons. The minimum absolute atomic E-state index is 0.119. The Hall–Kier alpha value is -1.58. The molecule has 2 atom stereocenters. The monoisotopic (exact) mass is 415 g/mol. The van der Waals surface area contributed by atoms with Crippen molar-refractivity contribution in [3.63, 3.8) is 0 Å². The van der Waals surface area contributed by atoms with E-state index in [2.05, 4.69) is 12.3 Å². The van der Waals surface area contributed by atoms with Gasteiger partial charge in [0.25, 0.3) is 0 Å². The summed E-state index contributed by atoms with van der Waals surface area (Å²) in [6, 6.07) is 2.46. The second-order valence-corrected chi connectivity index (χ2v) is 9.78. The average Bonchev–Trinajstić information content (AvgIpc) is 2.61. The molecule has 2 aliphatic rings. The van der Waals surface area contributed by atoms with E-state index in [0.29, 0.717) is 18.4 Å². The summed E-state index contributed by atoms with van der Waals surface area (Å²) < 4.78 is 53.8. The summed E-state index contributed by atoms with van der Waals surface area (Å²) in [6.07, 6.45) is 3.76. The first-order valence-electron chi connectivity index (χ1n) is 9.75. The van der Waals surface area contributed by atoms with Crippen LogP contribution in [0.5, 0.6) is 0 Å². The molecule has 2 heterocycles. The lowest BCUT2D eigenvalue weighted by molar-refractivity contribution is -0.128. The smallest absolute Gasteiger partial charge is 0.245 e. The number of hydrazine groups is 1. The number of piperidine rings is 2. The van der Waals surface area contributed by atoms with E-state index in [4.69, 9.17) is 0 Å². The summed E-state index contributed by atoms with van der Waals surface area (Å²) in [5, 5.41) is 1.93. The number of rotatable bonds is 5. The normalized spacial score (nSPS) is 24.8. The summed E-state index contributed by atoms with van der Waals surface area (Å²) >= 11 is 0. The number of hydrogen-bond acceptors (Lipinski definition) is 4. The van der Waals surface area contributed by atoms with E-state index >= 15 is 0 Å². The SMILES string of the molecule is CC1CCCN(NC(=O)CC2CCCN(S(=O)(=O)c3ccc(F)cc3F)C2)C1. The predicted octanol–water partition coefficient (Wildman–Crippen LogP) is 2.52. The van der Waals surface area contributed by atoms with Gasteiger partial charge in [-0.25, -0.2) is 22.2 Å². The second-order valence-electron chi connectivity index (χ2n) is 7.88. The van der Waals surface area contributed by atoms with Crippen LogP contribution in [0, 0.1) is 23.5 Å². The Balaban J connectivity index is 1.61. The van der Waals surface area contributed by atoms with Crippen LogP contribution in [0.4, 0.5) is 8.78 Å². The minimum atomic E-state index is -4.06. The molecule has 1 N–H and O–H groups in total. The van der Waals surface area contributed by atoms with Crippen molar-refractivity contribution in [2.45, 2.75) is 43.9 Å². The van der Waals surface area contributed by atoms with Gasteiger partial charge in [0.1, 0.15) is 16.5 Å². The number of carbonyl (C=O) groups is 1. The number of benzene rings is 1. The van der Waals surface area contributed by atoms with Crippen LogP contribution in [-0.4, -0.2) is 49.8 Å². The van der Waals surface area contributed by atoms with E-state index in [1.54, 1.807) is 0 Å². The zero-order valence-corrected chi connectivity index (χ0v) is 16.9. The van der Waals surface area contributed by atoms with Crippen LogP contribution >= 0.6 is 0 Å². The third-order valence-corrected chi connectivity index (χ3v) is 7.31. The molecule has 28 heavy (non-hydrogen) atoms. The van der Waals surface area contributed by atoms with E-state index < -0.39 is 26.6 Å². The number of nitrogens with one attached hydrogen (secondary N) is 1. The van der Waals surface area contributed by atoms with Gasteiger partial charge in [-0.15, -0.1) is 0 Å². The van der Waals surface area contributed by atoms with E-state index in [9.17, 15) is 22.0 Å². The summed E-state index contributed by atoms with van der Waals surface area (Å²) in [5.74, 6) is -1.63. The Morgan fingerprint density at radius 3 is 2.64 bits per heavy atom. The van der Waals surface area contributed by atoms with E-state index in [1.807, 2.05) is 5.01 Å². The molecule has 2 unspecified atom stereocenters. The zero-order valence-electron chi connectivity index (χ0n) is 16.0. The van der Waals surface area contributed by atoms with Gasteiger partial charge in [0.05, 0.1) is 0 Å². The van der Waals surface area contributed by atoms with Crippen molar-refractivity contribution in [2.75, 3.05) is 26.2 Å². The topological polar surface area (TPSA) is 69.7 Å². The van der Waals surface area contributed by atoms with Gasteiger partial charge < -0.3 is 0 Å².